The molecule has 0 unspecified atom stereocenters. The molecule has 1 aliphatic heterocycles. The number of alkyl carbamates (subject to hydrolysis) is 1. The Labute approximate surface area is 158 Å². The molecule has 1 aromatic carbocycles. The third kappa shape index (κ3) is 8.68. The van der Waals surface area contributed by atoms with Crippen LogP contribution < -0.4 is 10.6 Å². The van der Waals surface area contributed by atoms with Gasteiger partial charge in [-0.1, -0.05) is 30.3 Å². The maximum absolute atomic E-state index is 11.6. The second-order valence-electron chi connectivity index (χ2n) is 8.09. The fourth-order valence-electron chi connectivity index (χ4n) is 3.19. The monoisotopic (exact) mass is 361 g/mol. The fraction of sp³-hybridized carbons (Fsp3) is 0.667. The molecule has 0 atom stereocenters. The van der Waals surface area contributed by atoms with E-state index >= 15 is 0 Å². The number of benzene rings is 1. The van der Waals surface area contributed by atoms with E-state index < -0.39 is 5.60 Å². The number of likely N-dealkylation sites (tertiary alicyclic amines) is 1. The highest BCUT2D eigenvalue weighted by Crippen LogP contribution is 2.11. The van der Waals surface area contributed by atoms with Crippen molar-refractivity contribution in [3.8, 4) is 0 Å². The van der Waals surface area contributed by atoms with Gasteiger partial charge in [0.05, 0.1) is 0 Å². The van der Waals surface area contributed by atoms with Crippen molar-refractivity contribution in [3.05, 3.63) is 35.9 Å². The second-order valence-corrected chi connectivity index (χ2v) is 8.09. The number of nitrogens with one attached hydrogen (secondary N) is 2. The minimum Gasteiger partial charge on any atom is -0.444 e. The molecule has 1 aromatic rings. The highest BCUT2D eigenvalue weighted by molar-refractivity contribution is 5.67. The Hall–Kier alpha value is -1.59. The van der Waals surface area contributed by atoms with Gasteiger partial charge in [0.2, 0.25) is 0 Å². The SMILES string of the molecule is CC(C)(C)OC(=O)NCCCNC1CCN(CCc2ccccc2)CC1. The van der Waals surface area contributed by atoms with E-state index in [9.17, 15) is 4.79 Å². The molecule has 2 N–H and O–H groups in total. The number of carbonyl (C=O) groups is 1. The van der Waals surface area contributed by atoms with Crippen LogP contribution in [0.4, 0.5) is 4.79 Å². The first-order valence-corrected chi connectivity index (χ1v) is 9.89. The van der Waals surface area contributed by atoms with Gasteiger partial charge in [-0.3, -0.25) is 0 Å². The Kier molecular flexibility index (Phi) is 8.39. The summed E-state index contributed by atoms with van der Waals surface area (Å²) in [4.78, 5) is 14.1. The van der Waals surface area contributed by atoms with Gasteiger partial charge < -0.3 is 20.3 Å². The zero-order valence-electron chi connectivity index (χ0n) is 16.6. The summed E-state index contributed by atoms with van der Waals surface area (Å²) in [6.45, 7) is 10.7. The molecule has 1 heterocycles. The lowest BCUT2D eigenvalue weighted by atomic mass is 10.0. The van der Waals surface area contributed by atoms with Gasteiger partial charge in [0.15, 0.2) is 0 Å². The van der Waals surface area contributed by atoms with Crippen LogP contribution in [-0.4, -0.2) is 55.4 Å². The summed E-state index contributed by atoms with van der Waals surface area (Å²) in [7, 11) is 0. The van der Waals surface area contributed by atoms with E-state index in [1.54, 1.807) is 0 Å². The number of amides is 1. The standard InChI is InChI=1S/C21H35N3O2/c1-21(2,3)26-20(25)23-14-7-13-22-19-11-16-24(17-12-19)15-10-18-8-5-4-6-9-18/h4-6,8-9,19,22H,7,10-17H2,1-3H3,(H,23,25). The molecule has 0 aromatic heterocycles. The van der Waals surface area contributed by atoms with Crippen molar-refractivity contribution in [2.24, 2.45) is 0 Å². The Balaban J connectivity index is 1.49. The van der Waals surface area contributed by atoms with E-state index in [0.717, 1.165) is 25.9 Å². The summed E-state index contributed by atoms with van der Waals surface area (Å²) >= 11 is 0. The van der Waals surface area contributed by atoms with Crippen molar-refractivity contribution >= 4 is 6.09 Å². The average Bonchev–Trinajstić information content (AvgIpc) is 2.60. The van der Waals surface area contributed by atoms with Gasteiger partial charge >= 0.3 is 6.09 Å². The number of ether oxygens (including phenoxy) is 1. The van der Waals surface area contributed by atoms with Crippen LogP contribution in [0.3, 0.4) is 0 Å². The minimum absolute atomic E-state index is 0.329. The van der Waals surface area contributed by atoms with Gasteiger partial charge in [-0.15, -0.1) is 0 Å². The van der Waals surface area contributed by atoms with Gasteiger partial charge in [-0.05, 0) is 71.7 Å². The largest absolute Gasteiger partial charge is 0.444 e. The van der Waals surface area contributed by atoms with Crippen molar-refractivity contribution < 1.29 is 9.53 Å². The minimum atomic E-state index is -0.434. The molecule has 0 bridgehead atoms. The van der Waals surface area contributed by atoms with E-state index in [-0.39, 0.29) is 6.09 Å². The van der Waals surface area contributed by atoms with Crippen LogP contribution in [0.2, 0.25) is 0 Å². The topological polar surface area (TPSA) is 53.6 Å². The predicted octanol–water partition coefficient (Wildman–Crippen LogP) is 3.20. The van der Waals surface area contributed by atoms with Gasteiger partial charge in [0.25, 0.3) is 0 Å². The highest BCUT2D eigenvalue weighted by atomic mass is 16.6. The van der Waals surface area contributed by atoms with E-state index in [1.807, 2.05) is 20.8 Å². The van der Waals surface area contributed by atoms with Gasteiger partial charge in [-0.2, -0.15) is 0 Å². The molecule has 0 saturated carbocycles. The number of rotatable bonds is 8. The number of piperidine rings is 1. The second kappa shape index (κ2) is 10.5. The smallest absolute Gasteiger partial charge is 0.407 e. The third-order valence-electron chi connectivity index (χ3n) is 4.60. The Morgan fingerprint density at radius 2 is 1.85 bits per heavy atom. The Bertz CT molecular complexity index is 520. The summed E-state index contributed by atoms with van der Waals surface area (Å²) in [5.74, 6) is 0. The van der Waals surface area contributed by atoms with Crippen LogP contribution in [0, 0.1) is 0 Å². The highest BCUT2D eigenvalue weighted by Gasteiger charge is 2.18. The van der Waals surface area contributed by atoms with E-state index in [1.165, 1.54) is 31.5 Å². The fourth-order valence-corrected chi connectivity index (χ4v) is 3.19. The molecule has 26 heavy (non-hydrogen) atoms. The molecule has 5 heteroatoms. The summed E-state index contributed by atoms with van der Waals surface area (Å²) in [6.07, 6.45) is 4.13. The van der Waals surface area contributed by atoms with Gasteiger partial charge in [-0.25, -0.2) is 4.79 Å². The van der Waals surface area contributed by atoms with E-state index in [0.29, 0.717) is 12.6 Å². The number of hydrogen-bond acceptors (Lipinski definition) is 4. The zero-order valence-corrected chi connectivity index (χ0v) is 16.6. The Morgan fingerprint density at radius 1 is 1.15 bits per heavy atom. The molecule has 0 radical (unpaired) electrons. The summed E-state index contributed by atoms with van der Waals surface area (Å²) in [6, 6.07) is 11.3. The van der Waals surface area contributed by atoms with Gasteiger partial charge in [0, 0.05) is 19.1 Å². The third-order valence-corrected chi connectivity index (χ3v) is 4.60. The van der Waals surface area contributed by atoms with Crippen molar-refractivity contribution in [1.82, 2.24) is 15.5 Å². The van der Waals surface area contributed by atoms with E-state index in [2.05, 4.69) is 45.9 Å². The molecular formula is C21H35N3O2. The molecule has 0 aliphatic carbocycles. The molecular weight excluding hydrogens is 326 g/mol. The number of carbonyl (C=O) groups excluding carboxylic acids is 1. The van der Waals surface area contributed by atoms with Crippen molar-refractivity contribution in [3.63, 3.8) is 0 Å². The molecule has 0 spiro atoms. The quantitative estimate of drug-likeness (QED) is 0.698. The molecule has 1 saturated heterocycles. The number of hydrogen-bond donors (Lipinski definition) is 2. The van der Waals surface area contributed by atoms with Crippen LogP contribution in [0.5, 0.6) is 0 Å². The van der Waals surface area contributed by atoms with Crippen molar-refractivity contribution in [2.45, 2.75) is 58.1 Å². The first kappa shape index (κ1) is 20.7. The summed E-state index contributed by atoms with van der Waals surface area (Å²) in [5.41, 5.74) is 0.988. The van der Waals surface area contributed by atoms with Crippen LogP contribution in [0.1, 0.15) is 45.6 Å². The lowest BCUT2D eigenvalue weighted by molar-refractivity contribution is 0.0527. The normalized spacial score (nSPS) is 16.4. The average molecular weight is 362 g/mol. The van der Waals surface area contributed by atoms with Crippen LogP contribution in [0.25, 0.3) is 0 Å². The maximum atomic E-state index is 11.6. The first-order valence-electron chi connectivity index (χ1n) is 9.89. The van der Waals surface area contributed by atoms with Crippen LogP contribution in [-0.2, 0) is 11.2 Å². The van der Waals surface area contributed by atoms with Crippen LogP contribution >= 0.6 is 0 Å². The summed E-state index contributed by atoms with van der Waals surface area (Å²) in [5, 5.41) is 6.43. The zero-order chi connectivity index (χ0) is 18.8. The number of nitrogens with zero attached hydrogens (tertiary/aromatic N) is 1. The molecule has 146 valence electrons. The predicted molar refractivity (Wildman–Crippen MR) is 106 cm³/mol. The lowest BCUT2D eigenvalue weighted by Gasteiger charge is -2.32. The van der Waals surface area contributed by atoms with Crippen molar-refractivity contribution in [1.29, 1.82) is 0 Å². The van der Waals surface area contributed by atoms with Crippen molar-refractivity contribution in [2.75, 3.05) is 32.7 Å². The maximum Gasteiger partial charge on any atom is 0.407 e. The molecule has 5 nitrogen and oxygen atoms in total. The Morgan fingerprint density at radius 3 is 2.50 bits per heavy atom. The molecule has 2 rings (SSSR count). The van der Waals surface area contributed by atoms with Gasteiger partial charge in [0.1, 0.15) is 5.60 Å². The van der Waals surface area contributed by atoms with E-state index in [4.69, 9.17) is 4.74 Å². The molecule has 1 aliphatic rings. The molecule has 1 fully saturated rings. The van der Waals surface area contributed by atoms with Crippen LogP contribution in [0.15, 0.2) is 30.3 Å². The summed E-state index contributed by atoms with van der Waals surface area (Å²) < 4.78 is 5.22. The molecule has 1 amide bonds. The first-order chi connectivity index (χ1) is 12.4. The lowest BCUT2D eigenvalue weighted by Crippen LogP contribution is -2.43.